The first-order chi connectivity index (χ1) is 15.8. The van der Waals surface area contributed by atoms with Gasteiger partial charge in [-0.25, -0.2) is 20.8 Å². The molecule has 0 unspecified atom stereocenters. The summed E-state index contributed by atoms with van der Waals surface area (Å²) >= 11 is 0. The van der Waals surface area contributed by atoms with Gasteiger partial charge in [-0.3, -0.25) is 0 Å². The number of nitrogens with zero attached hydrogens (tertiary/aromatic N) is 4. The van der Waals surface area contributed by atoms with Gasteiger partial charge >= 0.3 is 0 Å². The minimum absolute atomic E-state index is 0.710. The van der Waals surface area contributed by atoms with E-state index < -0.39 is 0 Å². The molecule has 0 amide bonds. The fraction of sp³-hybridized carbons (Fsp3) is 0.250. The summed E-state index contributed by atoms with van der Waals surface area (Å²) in [6, 6.07) is 15.0. The number of fused-ring (bicyclic) bond motifs is 2. The van der Waals surface area contributed by atoms with Gasteiger partial charge in [0, 0.05) is 24.2 Å². The maximum absolute atomic E-state index is 4.49. The van der Waals surface area contributed by atoms with Crippen molar-refractivity contribution in [3.63, 3.8) is 0 Å². The predicted molar refractivity (Wildman–Crippen MR) is 133 cm³/mol. The molecule has 0 saturated heterocycles. The third-order valence-corrected chi connectivity index (χ3v) is 5.66. The van der Waals surface area contributed by atoms with Crippen LogP contribution in [-0.2, 0) is 6.42 Å². The zero-order valence-corrected chi connectivity index (χ0v) is 18.0. The summed E-state index contributed by atoms with van der Waals surface area (Å²) < 4.78 is 0. The number of hydrogen-bond donors (Lipinski definition) is 4. The van der Waals surface area contributed by atoms with E-state index in [1.54, 1.807) is 0 Å². The van der Waals surface area contributed by atoms with Crippen LogP contribution in [0, 0.1) is 0 Å². The lowest BCUT2D eigenvalue weighted by atomic mass is 9.91. The molecule has 0 saturated carbocycles. The van der Waals surface area contributed by atoms with Crippen molar-refractivity contribution in [2.24, 2.45) is 20.2 Å². The zero-order valence-electron chi connectivity index (χ0n) is 18.0. The van der Waals surface area contributed by atoms with E-state index in [1.165, 1.54) is 5.56 Å². The van der Waals surface area contributed by atoms with Crippen LogP contribution in [0.2, 0.25) is 0 Å². The Morgan fingerprint density at radius 1 is 0.812 bits per heavy atom. The topological polar surface area (TPSA) is 97.6 Å². The first-order valence-electron chi connectivity index (χ1n) is 11.0. The molecule has 162 valence electrons. The number of hydrogen-bond acceptors (Lipinski definition) is 8. The maximum atomic E-state index is 4.49. The minimum atomic E-state index is 0.710. The third-order valence-electron chi connectivity index (χ3n) is 5.66. The second-order valence-electron chi connectivity index (χ2n) is 7.66. The van der Waals surface area contributed by atoms with Crippen LogP contribution in [0.15, 0.2) is 62.7 Å². The first-order valence-corrected chi connectivity index (χ1v) is 11.0. The lowest BCUT2D eigenvalue weighted by Crippen LogP contribution is -2.30. The normalized spacial score (nSPS) is 15.9. The van der Waals surface area contributed by atoms with Gasteiger partial charge in [-0.15, -0.1) is 0 Å². The highest BCUT2D eigenvalue weighted by Gasteiger charge is 2.13. The van der Waals surface area contributed by atoms with Gasteiger partial charge in [0.15, 0.2) is 0 Å². The van der Waals surface area contributed by atoms with Crippen molar-refractivity contribution in [2.45, 2.75) is 13.3 Å². The lowest BCUT2D eigenvalue weighted by Gasteiger charge is -2.13. The van der Waals surface area contributed by atoms with Crippen LogP contribution >= 0.6 is 0 Å². The first kappa shape index (κ1) is 20.0. The van der Waals surface area contributed by atoms with E-state index in [-0.39, 0.29) is 0 Å². The molecule has 0 fully saturated rings. The van der Waals surface area contributed by atoms with Crippen molar-refractivity contribution in [1.29, 1.82) is 0 Å². The van der Waals surface area contributed by atoms with Crippen molar-refractivity contribution in [1.82, 2.24) is 21.5 Å². The maximum Gasteiger partial charge on any atom is 0.212 e. The number of rotatable bonds is 5. The van der Waals surface area contributed by atoms with E-state index in [0.717, 1.165) is 65.3 Å². The molecule has 2 aliphatic rings. The Hall–Kier alpha value is -3.94. The number of aliphatic imine (C=N–C) groups is 2. The van der Waals surface area contributed by atoms with Gasteiger partial charge in [0.2, 0.25) is 11.9 Å². The van der Waals surface area contributed by atoms with E-state index in [4.69, 9.17) is 0 Å². The van der Waals surface area contributed by atoms with E-state index in [2.05, 4.69) is 91.1 Å². The molecule has 2 heterocycles. The standard InChI is InChI=1S/C24H26N8/c1-2-16-7-8-19-20(13-16)22(15-30-32-24-27-11-12-28-24)18-6-4-3-5-17(18)21(19)14-29-31-23-25-9-10-26-23/h3-8,13-15H,2,9-12H2,1H3,(H2,25,26,31)(H2,27,28,32)/b29-14+,30-15+. The monoisotopic (exact) mass is 426 g/mol. The summed E-state index contributed by atoms with van der Waals surface area (Å²) in [5, 5.41) is 19.8. The quantitative estimate of drug-likeness (QED) is 0.286. The predicted octanol–water partition coefficient (Wildman–Crippen LogP) is 2.32. The minimum Gasteiger partial charge on any atom is -0.353 e. The summed E-state index contributed by atoms with van der Waals surface area (Å²) in [5.74, 6) is 1.42. The summed E-state index contributed by atoms with van der Waals surface area (Å²) in [4.78, 5) is 8.68. The van der Waals surface area contributed by atoms with E-state index in [0.29, 0.717) is 11.9 Å². The molecule has 0 spiro atoms. The Balaban J connectivity index is 1.63. The Morgan fingerprint density at radius 3 is 1.91 bits per heavy atom. The van der Waals surface area contributed by atoms with Gasteiger partial charge in [-0.05, 0) is 33.5 Å². The Labute approximate surface area is 186 Å². The van der Waals surface area contributed by atoms with Crippen LogP contribution in [0.4, 0.5) is 0 Å². The van der Waals surface area contributed by atoms with Crippen LogP contribution in [0.3, 0.4) is 0 Å². The van der Waals surface area contributed by atoms with Crippen LogP contribution in [0.5, 0.6) is 0 Å². The average molecular weight is 427 g/mol. The van der Waals surface area contributed by atoms with Gasteiger partial charge in [0.1, 0.15) is 0 Å². The molecule has 8 heteroatoms. The molecule has 2 aliphatic heterocycles. The Morgan fingerprint density at radius 2 is 1.38 bits per heavy atom. The fourth-order valence-corrected chi connectivity index (χ4v) is 4.05. The van der Waals surface area contributed by atoms with Crippen molar-refractivity contribution in [3.8, 4) is 0 Å². The molecule has 3 aromatic carbocycles. The van der Waals surface area contributed by atoms with Crippen molar-refractivity contribution < 1.29 is 0 Å². The van der Waals surface area contributed by atoms with Crippen molar-refractivity contribution >= 4 is 45.9 Å². The number of benzene rings is 3. The third kappa shape index (κ3) is 3.99. The van der Waals surface area contributed by atoms with E-state index >= 15 is 0 Å². The molecule has 0 aromatic heterocycles. The van der Waals surface area contributed by atoms with E-state index in [1.807, 2.05) is 12.4 Å². The number of hydrazone groups is 2. The number of nitrogens with one attached hydrogen (secondary N) is 4. The molecule has 5 rings (SSSR count). The zero-order chi connectivity index (χ0) is 21.8. The van der Waals surface area contributed by atoms with Gasteiger partial charge in [-0.2, -0.15) is 10.2 Å². The smallest absolute Gasteiger partial charge is 0.212 e. The highest BCUT2D eigenvalue weighted by atomic mass is 15.4. The molecule has 3 aromatic rings. The Kier molecular flexibility index (Phi) is 5.65. The van der Waals surface area contributed by atoms with Gasteiger partial charge < -0.3 is 10.6 Å². The lowest BCUT2D eigenvalue weighted by molar-refractivity contribution is 0.920. The fourth-order valence-electron chi connectivity index (χ4n) is 4.05. The average Bonchev–Trinajstić information content (AvgIpc) is 3.54. The molecule has 0 aliphatic carbocycles. The largest absolute Gasteiger partial charge is 0.353 e. The molecular weight excluding hydrogens is 400 g/mol. The molecule has 32 heavy (non-hydrogen) atoms. The Bertz CT molecular complexity index is 1270. The highest BCUT2D eigenvalue weighted by Crippen LogP contribution is 2.32. The molecule has 0 radical (unpaired) electrons. The summed E-state index contributed by atoms with van der Waals surface area (Å²) in [6.45, 7) is 5.39. The molecular formula is C24H26N8. The summed E-state index contributed by atoms with van der Waals surface area (Å²) in [5.41, 5.74) is 9.45. The second-order valence-corrected chi connectivity index (χ2v) is 7.66. The van der Waals surface area contributed by atoms with Crippen molar-refractivity contribution in [2.75, 3.05) is 26.2 Å². The SMILES string of the molecule is CCc1ccc2c(/C=N/NC3=NCCN3)c3ccccc3c(/C=N/NC3=NCCN3)c2c1. The molecule has 8 nitrogen and oxygen atoms in total. The van der Waals surface area contributed by atoms with Crippen LogP contribution in [0.1, 0.15) is 23.6 Å². The van der Waals surface area contributed by atoms with Gasteiger partial charge in [-0.1, -0.05) is 49.4 Å². The van der Waals surface area contributed by atoms with Gasteiger partial charge in [0.05, 0.1) is 25.5 Å². The van der Waals surface area contributed by atoms with Gasteiger partial charge in [0.25, 0.3) is 0 Å². The molecule has 4 N–H and O–H groups in total. The van der Waals surface area contributed by atoms with Crippen LogP contribution in [-0.4, -0.2) is 50.5 Å². The summed E-state index contributed by atoms with van der Waals surface area (Å²) in [6.07, 6.45) is 4.74. The number of guanidine groups is 2. The number of aryl methyl sites for hydroxylation is 1. The molecule has 0 bridgehead atoms. The summed E-state index contributed by atoms with van der Waals surface area (Å²) in [7, 11) is 0. The highest BCUT2D eigenvalue weighted by molar-refractivity contribution is 6.21. The van der Waals surface area contributed by atoms with Crippen LogP contribution in [0.25, 0.3) is 21.5 Å². The van der Waals surface area contributed by atoms with Crippen molar-refractivity contribution in [3.05, 3.63) is 59.2 Å². The van der Waals surface area contributed by atoms with Crippen LogP contribution < -0.4 is 21.5 Å². The second kappa shape index (κ2) is 9.05. The molecule has 0 atom stereocenters. The van der Waals surface area contributed by atoms with E-state index in [9.17, 15) is 0 Å².